The Balaban J connectivity index is 2.29. The van der Waals surface area contributed by atoms with E-state index in [9.17, 15) is 0 Å². The predicted molar refractivity (Wildman–Crippen MR) is 63.0 cm³/mol. The minimum Gasteiger partial charge on any atom is -0.339 e. The fraction of sp³-hybridized carbons (Fsp3) is 0.800. The van der Waals surface area contributed by atoms with Crippen molar-refractivity contribution in [3.8, 4) is 0 Å². The summed E-state index contributed by atoms with van der Waals surface area (Å²) in [5.74, 6) is 2.37. The second kappa shape index (κ2) is 6.85. The lowest BCUT2D eigenvalue weighted by atomic mass is 10.4. The number of hydrogen-bond donors (Lipinski definition) is 1. The highest BCUT2D eigenvalue weighted by Crippen LogP contribution is 2.14. The molecule has 1 rings (SSSR count). The summed E-state index contributed by atoms with van der Waals surface area (Å²) in [5.41, 5.74) is 0. The summed E-state index contributed by atoms with van der Waals surface area (Å²) in [4.78, 5) is 4.32. The SMILES string of the molecule is CCNCCc1nc(CSC(C)C)no1. The molecule has 0 amide bonds. The lowest BCUT2D eigenvalue weighted by Gasteiger charge is -1.99. The van der Waals surface area contributed by atoms with Crippen LogP contribution in [0.3, 0.4) is 0 Å². The number of thioether (sulfide) groups is 1. The van der Waals surface area contributed by atoms with Crippen LogP contribution in [0.5, 0.6) is 0 Å². The third-order valence-corrected chi connectivity index (χ3v) is 2.91. The van der Waals surface area contributed by atoms with Gasteiger partial charge in [-0.25, -0.2) is 0 Å². The molecule has 0 aliphatic heterocycles. The Hall–Kier alpha value is -0.550. The van der Waals surface area contributed by atoms with Gasteiger partial charge >= 0.3 is 0 Å². The van der Waals surface area contributed by atoms with E-state index in [2.05, 4.69) is 36.2 Å². The summed E-state index contributed by atoms with van der Waals surface area (Å²) in [5, 5.41) is 7.76. The molecule has 0 aromatic carbocycles. The zero-order chi connectivity index (χ0) is 11.1. The van der Waals surface area contributed by atoms with Gasteiger partial charge < -0.3 is 9.84 Å². The predicted octanol–water partition coefficient (Wildman–Crippen LogP) is 1.86. The van der Waals surface area contributed by atoms with Gasteiger partial charge in [0.15, 0.2) is 5.82 Å². The highest BCUT2D eigenvalue weighted by atomic mass is 32.2. The summed E-state index contributed by atoms with van der Waals surface area (Å²) in [6.45, 7) is 8.28. The van der Waals surface area contributed by atoms with Gasteiger partial charge in [-0.3, -0.25) is 0 Å². The molecule has 1 aromatic heterocycles. The van der Waals surface area contributed by atoms with Crippen LogP contribution < -0.4 is 5.32 Å². The molecule has 0 unspecified atom stereocenters. The molecular weight excluding hydrogens is 210 g/mol. The van der Waals surface area contributed by atoms with E-state index in [1.54, 1.807) is 0 Å². The quantitative estimate of drug-likeness (QED) is 0.723. The molecule has 1 aromatic rings. The molecule has 86 valence electrons. The topological polar surface area (TPSA) is 51.0 Å². The number of nitrogens with zero attached hydrogens (tertiary/aromatic N) is 2. The van der Waals surface area contributed by atoms with Crippen LogP contribution in [0.15, 0.2) is 4.52 Å². The first-order chi connectivity index (χ1) is 7.22. The molecular formula is C10H19N3OS. The number of nitrogens with one attached hydrogen (secondary N) is 1. The van der Waals surface area contributed by atoms with E-state index in [-0.39, 0.29) is 0 Å². The Bertz CT molecular complexity index is 275. The maximum Gasteiger partial charge on any atom is 0.227 e. The first-order valence-electron chi connectivity index (χ1n) is 5.36. The Labute approximate surface area is 95.2 Å². The average molecular weight is 229 g/mol. The van der Waals surface area contributed by atoms with Gasteiger partial charge in [-0.1, -0.05) is 25.9 Å². The summed E-state index contributed by atoms with van der Waals surface area (Å²) in [7, 11) is 0. The summed E-state index contributed by atoms with van der Waals surface area (Å²) >= 11 is 1.83. The van der Waals surface area contributed by atoms with Crippen LogP contribution in [0.4, 0.5) is 0 Å². The molecule has 5 heteroatoms. The van der Waals surface area contributed by atoms with Gasteiger partial charge in [0.2, 0.25) is 5.89 Å². The second-order valence-electron chi connectivity index (χ2n) is 3.57. The van der Waals surface area contributed by atoms with Crippen molar-refractivity contribution < 1.29 is 4.52 Å². The van der Waals surface area contributed by atoms with Crippen LogP contribution in [-0.2, 0) is 12.2 Å². The van der Waals surface area contributed by atoms with E-state index >= 15 is 0 Å². The molecule has 0 atom stereocenters. The first kappa shape index (κ1) is 12.5. The first-order valence-corrected chi connectivity index (χ1v) is 6.41. The second-order valence-corrected chi connectivity index (χ2v) is 5.13. The molecule has 15 heavy (non-hydrogen) atoms. The van der Waals surface area contributed by atoms with Crippen LogP contribution in [0.25, 0.3) is 0 Å². The lowest BCUT2D eigenvalue weighted by molar-refractivity contribution is 0.372. The minimum absolute atomic E-state index is 0.605. The summed E-state index contributed by atoms with van der Waals surface area (Å²) in [6.07, 6.45) is 0.813. The molecule has 0 bridgehead atoms. The van der Waals surface area contributed by atoms with Gasteiger partial charge in [0, 0.05) is 13.0 Å². The lowest BCUT2D eigenvalue weighted by Crippen LogP contribution is -2.16. The van der Waals surface area contributed by atoms with E-state index in [0.29, 0.717) is 5.25 Å². The molecule has 0 fully saturated rings. The van der Waals surface area contributed by atoms with E-state index < -0.39 is 0 Å². The molecule has 0 radical (unpaired) electrons. The van der Waals surface area contributed by atoms with Crippen molar-refractivity contribution in [3.05, 3.63) is 11.7 Å². The Morgan fingerprint density at radius 2 is 2.27 bits per heavy atom. The van der Waals surface area contributed by atoms with Gasteiger partial charge in [0.1, 0.15) is 0 Å². The number of hydrogen-bond acceptors (Lipinski definition) is 5. The minimum atomic E-state index is 0.605. The fourth-order valence-electron chi connectivity index (χ4n) is 1.06. The molecule has 0 saturated heterocycles. The zero-order valence-corrected chi connectivity index (χ0v) is 10.4. The van der Waals surface area contributed by atoms with Crippen molar-refractivity contribution >= 4 is 11.8 Å². The van der Waals surface area contributed by atoms with Gasteiger partial charge in [-0.2, -0.15) is 16.7 Å². The van der Waals surface area contributed by atoms with Crippen LogP contribution >= 0.6 is 11.8 Å². The van der Waals surface area contributed by atoms with Gasteiger partial charge in [0.05, 0.1) is 5.75 Å². The maximum absolute atomic E-state index is 5.13. The van der Waals surface area contributed by atoms with Crippen LogP contribution in [0.1, 0.15) is 32.5 Å². The Kier molecular flexibility index (Phi) is 5.71. The van der Waals surface area contributed by atoms with Gasteiger partial charge in [-0.05, 0) is 11.8 Å². The van der Waals surface area contributed by atoms with Crippen molar-refractivity contribution in [1.29, 1.82) is 0 Å². The fourth-order valence-corrected chi connectivity index (χ4v) is 1.66. The Morgan fingerprint density at radius 3 is 2.93 bits per heavy atom. The van der Waals surface area contributed by atoms with E-state index in [0.717, 1.165) is 37.0 Å². The molecule has 0 spiro atoms. The molecule has 4 nitrogen and oxygen atoms in total. The van der Waals surface area contributed by atoms with Gasteiger partial charge in [0.25, 0.3) is 0 Å². The zero-order valence-electron chi connectivity index (χ0n) is 9.62. The molecule has 1 N–H and O–H groups in total. The van der Waals surface area contributed by atoms with E-state index in [4.69, 9.17) is 4.52 Å². The molecule has 0 aliphatic carbocycles. The standard InChI is InChI=1S/C10H19N3OS/c1-4-11-6-5-10-12-9(13-14-10)7-15-8(2)3/h8,11H,4-7H2,1-3H3. The van der Waals surface area contributed by atoms with Crippen molar-refractivity contribution in [2.75, 3.05) is 13.1 Å². The number of likely N-dealkylation sites (N-methyl/N-ethyl adjacent to an activating group) is 1. The van der Waals surface area contributed by atoms with Crippen molar-refractivity contribution in [1.82, 2.24) is 15.5 Å². The van der Waals surface area contributed by atoms with Gasteiger partial charge in [-0.15, -0.1) is 0 Å². The smallest absolute Gasteiger partial charge is 0.227 e. The monoisotopic (exact) mass is 229 g/mol. The molecule has 0 saturated carbocycles. The van der Waals surface area contributed by atoms with E-state index in [1.807, 2.05) is 11.8 Å². The van der Waals surface area contributed by atoms with Crippen LogP contribution in [0.2, 0.25) is 0 Å². The molecule has 1 heterocycles. The highest BCUT2D eigenvalue weighted by Gasteiger charge is 2.06. The third-order valence-electron chi connectivity index (χ3n) is 1.82. The average Bonchev–Trinajstić information content (AvgIpc) is 2.63. The maximum atomic E-state index is 5.13. The molecule has 0 aliphatic rings. The van der Waals surface area contributed by atoms with Crippen LogP contribution in [-0.4, -0.2) is 28.5 Å². The van der Waals surface area contributed by atoms with E-state index in [1.165, 1.54) is 0 Å². The van der Waals surface area contributed by atoms with Crippen molar-refractivity contribution in [3.63, 3.8) is 0 Å². The normalized spacial score (nSPS) is 11.2. The summed E-state index contributed by atoms with van der Waals surface area (Å²) in [6, 6.07) is 0. The van der Waals surface area contributed by atoms with Crippen molar-refractivity contribution in [2.45, 2.75) is 38.2 Å². The highest BCUT2D eigenvalue weighted by molar-refractivity contribution is 7.99. The Morgan fingerprint density at radius 1 is 1.47 bits per heavy atom. The number of aromatic nitrogens is 2. The third kappa shape index (κ3) is 5.18. The number of rotatable bonds is 7. The summed E-state index contributed by atoms with van der Waals surface area (Å²) < 4.78 is 5.13. The van der Waals surface area contributed by atoms with Crippen molar-refractivity contribution in [2.24, 2.45) is 0 Å². The van der Waals surface area contributed by atoms with Crippen LogP contribution in [0, 0.1) is 0 Å². The largest absolute Gasteiger partial charge is 0.339 e.